The average Bonchev–Trinajstić information content (AvgIpc) is 2.61. The van der Waals surface area contributed by atoms with E-state index in [9.17, 15) is 19.2 Å². The van der Waals surface area contributed by atoms with Gasteiger partial charge in [-0.3, -0.25) is 0 Å². The van der Waals surface area contributed by atoms with E-state index in [1.807, 2.05) is 13.8 Å². The summed E-state index contributed by atoms with van der Waals surface area (Å²) in [6.07, 6.45) is 1.88. The van der Waals surface area contributed by atoms with Crippen LogP contribution < -0.4 is 0 Å². The van der Waals surface area contributed by atoms with Gasteiger partial charge in [0.1, 0.15) is 0 Å². The lowest BCUT2D eigenvalue weighted by Gasteiger charge is -2.13. The van der Waals surface area contributed by atoms with Gasteiger partial charge in [0, 0.05) is 11.6 Å². The predicted molar refractivity (Wildman–Crippen MR) is 96.6 cm³/mol. The lowest BCUT2D eigenvalue weighted by Crippen LogP contribution is -2.28. The first-order valence-corrected chi connectivity index (χ1v) is 9.16. The Hall–Kier alpha value is -2.38. The standard InChI is InChI=1S/C19H30O8/c1-6-8-10-24-18(22)14(4)26-16(20)12-13(3)17(21)27-15(5)19(23)25-11-9-7-2/h12,14-15H,6-11H2,1-5H3/b13-12-. The Bertz CT molecular complexity index is 538. The maximum absolute atomic E-state index is 11.9. The molecule has 2 atom stereocenters. The highest BCUT2D eigenvalue weighted by molar-refractivity contribution is 5.97. The van der Waals surface area contributed by atoms with E-state index in [0.717, 1.165) is 31.8 Å². The van der Waals surface area contributed by atoms with Crippen LogP contribution in [0.25, 0.3) is 0 Å². The zero-order valence-electron chi connectivity index (χ0n) is 16.7. The highest BCUT2D eigenvalue weighted by Crippen LogP contribution is 2.05. The molecule has 0 aromatic heterocycles. The van der Waals surface area contributed by atoms with Crippen molar-refractivity contribution in [1.82, 2.24) is 0 Å². The molecule has 0 fully saturated rings. The molecule has 0 aliphatic carbocycles. The molecule has 2 unspecified atom stereocenters. The van der Waals surface area contributed by atoms with Crippen molar-refractivity contribution in [3.63, 3.8) is 0 Å². The van der Waals surface area contributed by atoms with Gasteiger partial charge in [-0.2, -0.15) is 0 Å². The third-order valence-electron chi connectivity index (χ3n) is 3.38. The van der Waals surface area contributed by atoms with Gasteiger partial charge < -0.3 is 18.9 Å². The minimum atomic E-state index is -1.10. The first-order chi connectivity index (χ1) is 12.7. The molecule has 0 rings (SSSR count). The molecule has 0 aliphatic heterocycles. The van der Waals surface area contributed by atoms with E-state index in [2.05, 4.69) is 0 Å². The maximum Gasteiger partial charge on any atom is 0.347 e. The second kappa shape index (κ2) is 13.8. The second-order valence-corrected chi connectivity index (χ2v) is 6.00. The maximum atomic E-state index is 11.9. The number of carbonyl (C=O) groups excluding carboxylic acids is 4. The SMILES string of the molecule is CCCCOC(=O)C(C)OC(=O)/C=C(/C)C(=O)OC(C)C(=O)OCCCC. The molecule has 0 aromatic rings. The molecular formula is C19H30O8. The number of esters is 4. The van der Waals surface area contributed by atoms with Crippen LogP contribution >= 0.6 is 0 Å². The summed E-state index contributed by atoms with van der Waals surface area (Å²) < 4.78 is 19.7. The molecule has 8 nitrogen and oxygen atoms in total. The van der Waals surface area contributed by atoms with Gasteiger partial charge in [-0.15, -0.1) is 0 Å². The Labute approximate surface area is 160 Å². The lowest BCUT2D eigenvalue weighted by molar-refractivity contribution is -0.165. The molecule has 0 spiro atoms. The van der Waals surface area contributed by atoms with E-state index in [-0.39, 0.29) is 18.8 Å². The normalized spacial score (nSPS) is 13.3. The fourth-order valence-corrected chi connectivity index (χ4v) is 1.66. The minimum absolute atomic E-state index is 0.0697. The molecular weight excluding hydrogens is 356 g/mol. The van der Waals surface area contributed by atoms with E-state index in [1.54, 1.807) is 0 Å². The minimum Gasteiger partial charge on any atom is -0.463 e. The fourth-order valence-electron chi connectivity index (χ4n) is 1.66. The summed E-state index contributed by atoms with van der Waals surface area (Å²) >= 11 is 0. The van der Waals surface area contributed by atoms with Gasteiger partial charge in [-0.05, 0) is 33.6 Å². The Kier molecular flexibility index (Phi) is 12.6. The summed E-state index contributed by atoms with van der Waals surface area (Å²) in [6, 6.07) is 0. The third-order valence-corrected chi connectivity index (χ3v) is 3.38. The summed E-state index contributed by atoms with van der Waals surface area (Å²) in [5.74, 6) is -3.06. The van der Waals surface area contributed by atoms with Crippen molar-refractivity contribution in [2.45, 2.75) is 72.5 Å². The van der Waals surface area contributed by atoms with E-state index < -0.39 is 36.1 Å². The highest BCUT2D eigenvalue weighted by atomic mass is 16.6. The van der Waals surface area contributed by atoms with Gasteiger partial charge in [0.05, 0.1) is 13.2 Å². The van der Waals surface area contributed by atoms with Crippen LogP contribution in [-0.2, 0) is 38.1 Å². The van der Waals surface area contributed by atoms with Crippen LogP contribution in [-0.4, -0.2) is 49.3 Å². The smallest absolute Gasteiger partial charge is 0.347 e. The van der Waals surface area contributed by atoms with Gasteiger partial charge in [-0.1, -0.05) is 26.7 Å². The van der Waals surface area contributed by atoms with Crippen molar-refractivity contribution in [1.29, 1.82) is 0 Å². The van der Waals surface area contributed by atoms with Gasteiger partial charge in [0.15, 0.2) is 12.2 Å². The summed E-state index contributed by atoms with van der Waals surface area (Å²) in [5, 5.41) is 0. The molecule has 154 valence electrons. The molecule has 0 heterocycles. The molecule has 0 saturated heterocycles. The fraction of sp³-hybridized carbons (Fsp3) is 0.684. The zero-order chi connectivity index (χ0) is 20.8. The third kappa shape index (κ3) is 11.0. The molecule has 0 N–H and O–H groups in total. The highest BCUT2D eigenvalue weighted by Gasteiger charge is 2.22. The molecule has 8 heteroatoms. The number of unbranched alkanes of at least 4 members (excludes halogenated alkanes) is 2. The number of ether oxygens (including phenoxy) is 4. The van der Waals surface area contributed by atoms with Gasteiger partial charge >= 0.3 is 23.9 Å². The van der Waals surface area contributed by atoms with Crippen LogP contribution in [0.4, 0.5) is 0 Å². The summed E-state index contributed by atoms with van der Waals surface area (Å²) in [4.78, 5) is 47.0. The zero-order valence-corrected chi connectivity index (χ0v) is 16.7. The first-order valence-electron chi connectivity index (χ1n) is 9.16. The topological polar surface area (TPSA) is 105 Å². The van der Waals surface area contributed by atoms with Crippen molar-refractivity contribution in [2.24, 2.45) is 0 Å². The first kappa shape index (κ1) is 24.6. The van der Waals surface area contributed by atoms with Crippen LogP contribution in [0.3, 0.4) is 0 Å². The largest absolute Gasteiger partial charge is 0.463 e. The number of hydrogen-bond donors (Lipinski definition) is 0. The van der Waals surface area contributed by atoms with Crippen LogP contribution in [0, 0.1) is 0 Å². The predicted octanol–water partition coefficient (Wildman–Crippen LogP) is 2.48. The number of carbonyl (C=O) groups is 4. The Morgan fingerprint density at radius 3 is 1.70 bits per heavy atom. The molecule has 0 aromatic carbocycles. The van der Waals surface area contributed by atoms with Crippen molar-refractivity contribution < 1.29 is 38.1 Å². The van der Waals surface area contributed by atoms with Gasteiger partial charge in [-0.25, -0.2) is 19.2 Å². The van der Waals surface area contributed by atoms with Crippen molar-refractivity contribution in [3.05, 3.63) is 11.6 Å². The molecule has 0 radical (unpaired) electrons. The van der Waals surface area contributed by atoms with E-state index in [1.165, 1.54) is 20.8 Å². The van der Waals surface area contributed by atoms with Gasteiger partial charge in [0.2, 0.25) is 0 Å². The lowest BCUT2D eigenvalue weighted by atomic mass is 10.3. The van der Waals surface area contributed by atoms with Crippen LogP contribution in [0.5, 0.6) is 0 Å². The van der Waals surface area contributed by atoms with Crippen molar-refractivity contribution in [2.75, 3.05) is 13.2 Å². The Morgan fingerprint density at radius 1 is 0.815 bits per heavy atom. The van der Waals surface area contributed by atoms with Crippen LogP contribution in [0.1, 0.15) is 60.3 Å². The van der Waals surface area contributed by atoms with E-state index in [0.29, 0.717) is 0 Å². The summed E-state index contributed by atoms with van der Waals surface area (Å²) in [6.45, 7) is 8.51. The molecule has 0 bridgehead atoms. The number of rotatable bonds is 12. The average molecular weight is 386 g/mol. The molecule has 0 amide bonds. The van der Waals surface area contributed by atoms with E-state index in [4.69, 9.17) is 18.9 Å². The Balaban J connectivity index is 4.47. The van der Waals surface area contributed by atoms with Crippen molar-refractivity contribution in [3.8, 4) is 0 Å². The van der Waals surface area contributed by atoms with Crippen molar-refractivity contribution >= 4 is 23.9 Å². The monoisotopic (exact) mass is 386 g/mol. The summed E-state index contributed by atoms with van der Waals surface area (Å²) in [7, 11) is 0. The van der Waals surface area contributed by atoms with Crippen LogP contribution in [0.15, 0.2) is 11.6 Å². The quantitative estimate of drug-likeness (QED) is 0.218. The summed E-state index contributed by atoms with van der Waals surface area (Å²) in [5.41, 5.74) is -0.0697. The molecule has 27 heavy (non-hydrogen) atoms. The van der Waals surface area contributed by atoms with Gasteiger partial charge in [0.25, 0.3) is 0 Å². The molecule has 0 saturated carbocycles. The number of hydrogen-bond acceptors (Lipinski definition) is 8. The van der Waals surface area contributed by atoms with E-state index >= 15 is 0 Å². The Morgan fingerprint density at radius 2 is 1.26 bits per heavy atom. The second-order valence-electron chi connectivity index (χ2n) is 6.00. The van der Waals surface area contributed by atoms with Crippen LogP contribution in [0.2, 0.25) is 0 Å². The molecule has 0 aliphatic rings.